The minimum absolute atomic E-state index is 0.167. The fraction of sp³-hybridized carbons (Fsp3) is 0.226. The van der Waals surface area contributed by atoms with Crippen LogP contribution < -0.4 is 4.90 Å². The van der Waals surface area contributed by atoms with E-state index in [0.717, 1.165) is 47.2 Å². The van der Waals surface area contributed by atoms with Gasteiger partial charge < -0.3 is 9.88 Å². The predicted molar refractivity (Wildman–Crippen MR) is 154 cm³/mol. The molecular formula is C31H31N5O2S. The average Bonchev–Trinajstić information content (AvgIpc) is 3.39. The molecule has 5 aromatic rings. The molecule has 39 heavy (non-hydrogen) atoms. The summed E-state index contributed by atoms with van der Waals surface area (Å²) in [7, 11) is -1.85. The average molecular weight is 538 g/mol. The Labute approximate surface area is 229 Å². The Morgan fingerprint density at radius 1 is 0.897 bits per heavy atom. The zero-order valence-corrected chi connectivity index (χ0v) is 22.7. The summed E-state index contributed by atoms with van der Waals surface area (Å²) in [5.74, 6) is 1.50. The largest absolute Gasteiger partial charge is 0.355 e. The van der Waals surface area contributed by atoms with Gasteiger partial charge in [-0.05, 0) is 72.4 Å². The van der Waals surface area contributed by atoms with Crippen LogP contribution in [0, 0.1) is 0 Å². The number of rotatable bonds is 8. The quantitative estimate of drug-likeness (QED) is 0.268. The number of aryl methyl sites for hydroxylation is 1. The van der Waals surface area contributed by atoms with Crippen LogP contribution in [0.15, 0.2) is 102 Å². The van der Waals surface area contributed by atoms with Crippen molar-refractivity contribution in [2.75, 3.05) is 11.9 Å². The molecule has 8 heteroatoms. The van der Waals surface area contributed by atoms with E-state index >= 15 is 0 Å². The smallest absolute Gasteiger partial charge is 0.244 e. The second kappa shape index (κ2) is 10.6. The van der Waals surface area contributed by atoms with Crippen LogP contribution in [0.1, 0.15) is 41.4 Å². The van der Waals surface area contributed by atoms with Crippen molar-refractivity contribution < 1.29 is 8.42 Å². The monoisotopic (exact) mass is 537 g/mol. The summed E-state index contributed by atoms with van der Waals surface area (Å²) >= 11 is 0. The third kappa shape index (κ3) is 5.17. The molecule has 0 radical (unpaired) electrons. The minimum Gasteiger partial charge on any atom is -0.355 e. The Balaban J connectivity index is 1.33. The van der Waals surface area contributed by atoms with E-state index in [9.17, 15) is 8.42 Å². The lowest BCUT2D eigenvalue weighted by molar-refractivity contribution is 0.283. The molecule has 0 saturated heterocycles. The van der Waals surface area contributed by atoms with Gasteiger partial charge in [-0.1, -0.05) is 54.6 Å². The summed E-state index contributed by atoms with van der Waals surface area (Å²) < 4.78 is 30.2. The van der Waals surface area contributed by atoms with Crippen molar-refractivity contribution in [1.82, 2.24) is 19.3 Å². The molecule has 1 atom stereocenters. The highest BCUT2D eigenvalue weighted by molar-refractivity contribution is 7.89. The number of nitrogens with one attached hydrogen (secondary N) is 1. The second-order valence-corrected chi connectivity index (χ2v) is 11.9. The normalized spacial score (nSPS) is 15.4. The number of H-pyrrole nitrogens is 1. The molecule has 2 aromatic heterocycles. The number of aromatic amines is 1. The first-order valence-corrected chi connectivity index (χ1v) is 14.7. The third-order valence-corrected chi connectivity index (χ3v) is 9.29. The Kier molecular flexibility index (Phi) is 6.89. The number of nitrogens with zero attached hydrogens (tertiary/aromatic N) is 4. The van der Waals surface area contributed by atoms with E-state index < -0.39 is 10.0 Å². The zero-order valence-electron chi connectivity index (χ0n) is 21.9. The molecular weight excluding hydrogens is 506 g/mol. The van der Waals surface area contributed by atoms with E-state index in [4.69, 9.17) is 4.98 Å². The maximum absolute atomic E-state index is 14.3. The molecule has 0 saturated carbocycles. The first-order chi connectivity index (χ1) is 19.0. The van der Waals surface area contributed by atoms with Crippen LogP contribution in [0.2, 0.25) is 0 Å². The zero-order chi connectivity index (χ0) is 26.8. The molecule has 0 amide bonds. The summed E-state index contributed by atoms with van der Waals surface area (Å²) in [5.41, 5.74) is 5.03. The van der Waals surface area contributed by atoms with E-state index in [-0.39, 0.29) is 17.5 Å². The lowest BCUT2D eigenvalue weighted by atomic mass is 9.88. The van der Waals surface area contributed by atoms with Crippen molar-refractivity contribution in [3.8, 4) is 0 Å². The summed E-state index contributed by atoms with van der Waals surface area (Å²) in [6.45, 7) is 0.788. The van der Waals surface area contributed by atoms with Gasteiger partial charge in [0.2, 0.25) is 10.0 Å². The van der Waals surface area contributed by atoms with Crippen LogP contribution in [-0.2, 0) is 29.5 Å². The molecule has 2 heterocycles. The van der Waals surface area contributed by atoms with E-state index in [1.54, 1.807) is 22.6 Å². The van der Waals surface area contributed by atoms with Gasteiger partial charge in [0.1, 0.15) is 11.6 Å². The number of pyridine rings is 1. The number of aromatic nitrogens is 3. The number of anilines is 1. The summed E-state index contributed by atoms with van der Waals surface area (Å²) in [6, 6.07) is 28.7. The highest BCUT2D eigenvalue weighted by Gasteiger charge is 2.35. The second-order valence-electron chi connectivity index (χ2n) is 10.0. The van der Waals surface area contributed by atoms with Gasteiger partial charge in [-0.3, -0.25) is 0 Å². The SMILES string of the molecule is CN(Cc1ccc(S(=O)(=O)N(Cc2nc3ccccc3[nH]2)C2CCCc3ccccc32)cc1)c1ccccn1. The number of para-hydroxylation sites is 2. The van der Waals surface area contributed by atoms with Crippen molar-refractivity contribution in [2.24, 2.45) is 0 Å². The highest BCUT2D eigenvalue weighted by atomic mass is 32.2. The molecule has 0 fully saturated rings. The van der Waals surface area contributed by atoms with Crippen molar-refractivity contribution >= 4 is 26.9 Å². The number of sulfonamides is 1. The molecule has 0 aliphatic heterocycles. The van der Waals surface area contributed by atoms with E-state index in [2.05, 4.69) is 22.1 Å². The molecule has 1 aliphatic carbocycles. The van der Waals surface area contributed by atoms with Crippen LogP contribution in [0.4, 0.5) is 5.82 Å². The first-order valence-electron chi connectivity index (χ1n) is 13.2. The maximum Gasteiger partial charge on any atom is 0.244 e. The highest BCUT2D eigenvalue weighted by Crippen LogP contribution is 2.38. The van der Waals surface area contributed by atoms with Crippen molar-refractivity contribution in [3.05, 3.63) is 120 Å². The Morgan fingerprint density at radius 3 is 2.46 bits per heavy atom. The Morgan fingerprint density at radius 2 is 1.67 bits per heavy atom. The lowest BCUT2D eigenvalue weighted by Gasteiger charge is -2.34. The summed E-state index contributed by atoms with van der Waals surface area (Å²) in [5, 5.41) is 0. The predicted octanol–water partition coefficient (Wildman–Crippen LogP) is 5.86. The van der Waals surface area contributed by atoms with Crippen molar-refractivity contribution in [2.45, 2.75) is 43.3 Å². The van der Waals surface area contributed by atoms with Gasteiger partial charge in [-0.25, -0.2) is 18.4 Å². The van der Waals surface area contributed by atoms with Gasteiger partial charge in [0.25, 0.3) is 0 Å². The Bertz CT molecular complexity index is 1650. The third-order valence-electron chi connectivity index (χ3n) is 7.42. The van der Waals surface area contributed by atoms with Gasteiger partial charge in [0, 0.05) is 19.8 Å². The number of imidazole rings is 1. The standard InChI is InChI=1S/C31H31N5O2S/c1-35(31-15-6-7-20-32-31)21-23-16-18-25(19-17-23)39(37,38)36(22-30-33-27-12-4-5-13-28(27)34-30)29-14-8-10-24-9-2-3-11-26(24)29/h2-7,9,11-13,15-20,29H,8,10,14,21-22H2,1H3,(H,33,34). The van der Waals surface area contributed by atoms with E-state index in [0.29, 0.717) is 12.4 Å². The van der Waals surface area contributed by atoms with Crippen LogP contribution in [0.3, 0.4) is 0 Å². The molecule has 0 spiro atoms. The number of fused-ring (bicyclic) bond motifs is 2. The Hall–Kier alpha value is -4.01. The van der Waals surface area contributed by atoms with Crippen molar-refractivity contribution in [1.29, 1.82) is 0 Å². The summed E-state index contributed by atoms with van der Waals surface area (Å²) in [6.07, 6.45) is 4.43. The number of hydrogen-bond acceptors (Lipinski definition) is 5. The fourth-order valence-electron chi connectivity index (χ4n) is 5.45. The molecule has 1 aliphatic rings. The van der Waals surface area contributed by atoms with Crippen LogP contribution in [-0.4, -0.2) is 34.7 Å². The van der Waals surface area contributed by atoms with Crippen molar-refractivity contribution in [3.63, 3.8) is 0 Å². The molecule has 7 nitrogen and oxygen atoms in total. The van der Waals surface area contributed by atoms with Crippen LogP contribution in [0.25, 0.3) is 11.0 Å². The van der Waals surface area contributed by atoms with Gasteiger partial charge in [0.15, 0.2) is 0 Å². The van der Waals surface area contributed by atoms with Gasteiger partial charge in [0.05, 0.1) is 28.5 Å². The molecule has 6 rings (SSSR count). The fourth-order valence-corrected chi connectivity index (χ4v) is 7.05. The maximum atomic E-state index is 14.3. The van der Waals surface area contributed by atoms with E-state index in [1.165, 1.54) is 5.56 Å². The molecule has 0 bridgehead atoms. The van der Waals surface area contributed by atoms with Gasteiger partial charge >= 0.3 is 0 Å². The number of hydrogen-bond donors (Lipinski definition) is 1. The molecule has 3 aromatic carbocycles. The summed E-state index contributed by atoms with van der Waals surface area (Å²) in [4.78, 5) is 14.8. The van der Waals surface area contributed by atoms with Crippen LogP contribution in [0.5, 0.6) is 0 Å². The molecule has 1 unspecified atom stereocenters. The number of benzene rings is 3. The molecule has 198 valence electrons. The van der Waals surface area contributed by atoms with Gasteiger partial charge in [-0.2, -0.15) is 4.31 Å². The topological polar surface area (TPSA) is 82.2 Å². The van der Waals surface area contributed by atoms with Gasteiger partial charge in [-0.15, -0.1) is 0 Å². The lowest BCUT2D eigenvalue weighted by Crippen LogP contribution is -2.36. The minimum atomic E-state index is -3.83. The van der Waals surface area contributed by atoms with E-state index in [1.807, 2.05) is 78.7 Å². The molecule has 1 N–H and O–H groups in total. The van der Waals surface area contributed by atoms with Crippen LogP contribution >= 0.6 is 0 Å². The first kappa shape index (κ1) is 25.3.